The van der Waals surface area contributed by atoms with E-state index in [1.54, 1.807) is 26.4 Å². The molecule has 3 aromatic rings. The van der Waals surface area contributed by atoms with E-state index in [1.807, 2.05) is 65.6 Å². The quantitative estimate of drug-likeness (QED) is 0.670. The first-order chi connectivity index (χ1) is 12.6. The molecule has 26 heavy (non-hydrogen) atoms. The first-order valence-electron chi connectivity index (χ1n) is 8.17. The van der Waals surface area contributed by atoms with Crippen molar-refractivity contribution in [2.24, 2.45) is 0 Å². The van der Waals surface area contributed by atoms with E-state index >= 15 is 0 Å². The Morgan fingerprint density at radius 2 is 1.15 bits per heavy atom. The number of hydrogen-bond acceptors (Lipinski definition) is 5. The van der Waals surface area contributed by atoms with E-state index in [9.17, 15) is 10.0 Å². The summed E-state index contributed by atoms with van der Waals surface area (Å²) in [7, 11) is 1.66. The zero-order chi connectivity index (χ0) is 18.5. The topological polar surface area (TPSA) is 62.2 Å². The Labute approximate surface area is 153 Å². The molecule has 0 fully saturated rings. The van der Waals surface area contributed by atoms with Crippen LogP contribution in [-0.2, 0) is 0 Å². The van der Waals surface area contributed by atoms with Gasteiger partial charge in [0.05, 0.1) is 14.2 Å². The predicted molar refractivity (Wildman–Crippen MR) is 104 cm³/mol. The Bertz CT molecular complexity index is 803. The van der Waals surface area contributed by atoms with Crippen molar-refractivity contribution < 1.29 is 19.5 Å². The van der Waals surface area contributed by atoms with Crippen LogP contribution < -0.4 is 19.8 Å². The minimum atomic E-state index is -1.58. The van der Waals surface area contributed by atoms with Gasteiger partial charge < -0.3 is 24.4 Å². The van der Waals surface area contributed by atoms with Crippen molar-refractivity contribution in [3.8, 4) is 11.5 Å². The lowest BCUT2D eigenvalue weighted by atomic mass is 9.78. The number of methoxy groups -OCH3 is 2. The molecule has 0 aliphatic carbocycles. The SMILES string of the molecule is COc1ccc(N(c2ccc(OC)cc2)c2ccccc2B(O)O)cc1. The van der Waals surface area contributed by atoms with Crippen LogP contribution in [0.2, 0.25) is 0 Å². The average Bonchev–Trinajstić information content (AvgIpc) is 2.69. The van der Waals surface area contributed by atoms with Crippen molar-refractivity contribution in [3.05, 3.63) is 72.8 Å². The first-order valence-corrected chi connectivity index (χ1v) is 8.17. The van der Waals surface area contributed by atoms with Gasteiger partial charge in [-0.05, 0) is 54.6 Å². The lowest BCUT2D eigenvalue weighted by Gasteiger charge is -2.28. The molecular weight excluding hydrogens is 329 g/mol. The molecule has 0 bridgehead atoms. The van der Waals surface area contributed by atoms with E-state index in [0.717, 1.165) is 22.9 Å². The lowest BCUT2D eigenvalue weighted by Crippen LogP contribution is -2.34. The second kappa shape index (κ2) is 7.95. The van der Waals surface area contributed by atoms with E-state index in [4.69, 9.17) is 9.47 Å². The molecule has 3 aromatic carbocycles. The van der Waals surface area contributed by atoms with Gasteiger partial charge in [-0.25, -0.2) is 0 Å². The molecule has 0 heterocycles. The summed E-state index contributed by atoms with van der Waals surface area (Å²) < 4.78 is 10.5. The highest BCUT2D eigenvalue weighted by atomic mass is 16.5. The van der Waals surface area contributed by atoms with Gasteiger partial charge in [-0.1, -0.05) is 18.2 Å². The zero-order valence-electron chi connectivity index (χ0n) is 14.7. The fourth-order valence-electron chi connectivity index (χ4n) is 2.80. The predicted octanol–water partition coefficient (Wildman–Crippen LogP) is 2.85. The van der Waals surface area contributed by atoms with Crippen LogP contribution in [0, 0.1) is 0 Å². The maximum absolute atomic E-state index is 9.80. The lowest BCUT2D eigenvalue weighted by molar-refractivity contribution is 0.415. The normalized spacial score (nSPS) is 10.3. The van der Waals surface area contributed by atoms with Crippen LogP contribution in [0.1, 0.15) is 0 Å². The largest absolute Gasteiger partial charge is 0.497 e. The molecule has 2 N–H and O–H groups in total. The van der Waals surface area contributed by atoms with Crippen molar-refractivity contribution in [3.63, 3.8) is 0 Å². The molecular formula is C20H20BNO4. The Hall–Kier alpha value is -2.96. The van der Waals surface area contributed by atoms with Gasteiger partial charge in [-0.15, -0.1) is 0 Å². The van der Waals surface area contributed by atoms with Gasteiger partial charge in [0.1, 0.15) is 11.5 Å². The minimum absolute atomic E-state index is 0.416. The molecule has 132 valence electrons. The number of hydrogen-bond donors (Lipinski definition) is 2. The second-order valence-electron chi connectivity index (χ2n) is 5.66. The monoisotopic (exact) mass is 349 g/mol. The fraction of sp³-hybridized carbons (Fsp3) is 0.100. The molecule has 0 aromatic heterocycles. The number of benzene rings is 3. The number of nitrogens with zero attached hydrogens (tertiary/aromatic N) is 1. The van der Waals surface area contributed by atoms with Gasteiger partial charge in [0, 0.05) is 22.5 Å². The Morgan fingerprint density at radius 3 is 1.58 bits per heavy atom. The minimum Gasteiger partial charge on any atom is -0.497 e. The molecule has 0 atom stereocenters. The number of anilines is 3. The average molecular weight is 349 g/mol. The molecule has 0 amide bonds. The summed E-state index contributed by atoms with van der Waals surface area (Å²) in [6.07, 6.45) is 0. The van der Waals surface area contributed by atoms with Crippen LogP contribution in [0.3, 0.4) is 0 Å². The van der Waals surface area contributed by atoms with E-state index in [0.29, 0.717) is 11.2 Å². The van der Waals surface area contributed by atoms with Gasteiger partial charge in [0.25, 0.3) is 0 Å². The summed E-state index contributed by atoms with van der Waals surface area (Å²) in [5.41, 5.74) is 2.82. The third-order valence-corrected chi connectivity index (χ3v) is 4.12. The van der Waals surface area contributed by atoms with Crippen molar-refractivity contribution in [1.29, 1.82) is 0 Å². The van der Waals surface area contributed by atoms with Gasteiger partial charge in [-0.2, -0.15) is 0 Å². The molecule has 5 nitrogen and oxygen atoms in total. The van der Waals surface area contributed by atoms with Crippen LogP contribution >= 0.6 is 0 Å². The van der Waals surface area contributed by atoms with E-state index in [2.05, 4.69) is 0 Å². The molecule has 0 saturated heterocycles. The smallest absolute Gasteiger partial charge is 0.490 e. The summed E-state index contributed by atoms with van der Waals surface area (Å²) in [6, 6.07) is 22.3. The number of ether oxygens (including phenoxy) is 2. The van der Waals surface area contributed by atoms with E-state index < -0.39 is 7.12 Å². The van der Waals surface area contributed by atoms with Gasteiger partial charge in [-0.3, -0.25) is 0 Å². The van der Waals surface area contributed by atoms with E-state index in [-0.39, 0.29) is 0 Å². The molecule has 0 aliphatic heterocycles. The maximum Gasteiger partial charge on any atom is 0.490 e. The fourth-order valence-corrected chi connectivity index (χ4v) is 2.80. The van der Waals surface area contributed by atoms with Crippen LogP contribution in [0.25, 0.3) is 0 Å². The maximum atomic E-state index is 9.80. The Balaban J connectivity index is 2.15. The van der Waals surface area contributed by atoms with Crippen LogP contribution in [0.5, 0.6) is 11.5 Å². The van der Waals surface area contributed by atoms with Gasteiger partial charge in [0.2, 0.25) is 0 Å². The summed E-state index contributed by atoms with van der Waals surface area (Å²) >= 11 is 0. The third-order valence-electron chi connectivity index (χ3n) is 4.12. The van der Waals surface area contributed by atoms with Gasteiger partial charge >= 0.3 is 7.12 Å². The molecule has 6 heteroatoms. The van der Waals surface area contributed by atoms with Crippen molar-refractivity contribution >= 4 is 29.6 Å². The third kappa shape index (κ3) is 3.66. The Kier molecular flexibility index (Phi) is 5.46. The highest BCUT2D eigenvalue weighted by Gasteiger charge is 2.22. The Morgan fingerprint density at radius 1 is 0.692 bits per heavy atom. The summed E-state index contributed by atoms with van der Waals surface area (Å²) in [6.45, 7) is 0. The van der Waals surface area contributed by atoms with Crippen LogP contribution in [0.15, 0.2) is 72.8 Å². The zero-order valence-corrected chi connectivity index (χ0v) is 14.7. The van der Waals surface area contributed by atoms with Crippen LogP contribution in [0.4, 0.5) is 17.1 Å². The van der Waals surface area contributed by atoms with Crippen molar-refractivity contribution in [2.75, 3.05) is 19.1 Å². The molecule has 0 spiro atoms. The van der Waals surface area contributed by atoms with Crippen LogP contribution in [-0.4, -0.2) is 31.4 Å². The molecule has 0 saturated carbocycles. The standard InChI is InChI=1S/C20H20BNO4/c1-25-17-11-7-15(8-12-17)22(16-9-13-18(26-2)14-10-16)20-6-4-3-5-19(20)21(23)24/h3-14,23-24H,1-2H3. The van der Waals surface area contributed by atoms with Crippen molar-refractivity contribution in [2.45, 2.75) is 0 Å². The highest BCUT2D eigenvalue weighted by molar-refractivity contribution is 6.60. The highest BCUT2D eigenvalue weighted by Crippen LogP contribution is 2.35. The summed E-state index contributed by atoms with van der Waals surface area (Å²) in [5, 5.41) is 19.6. The molecule has 0 aliphatic rings. The molecule has 0 radical (unpaired) electrons. The second-order valence-corrected chi connectivity index (χ2v) is 5.66. The summed E-state index contributed by atoms with van der Waals surface area (Å²) in [4.78, 5) is 1.95. The van der Waals surface area contributed by atoms with E-state index in [1.165, 1.54) is 0 Å². The molecule has 0 unspecified atom stereocenters. The number of para-hydroxylation sites is 1. The van der Waals surface area contributed by atoms with Gasteiger partial charge in [0.15, 0.2) is 0 Å². The summed E-state index contributed by atoms with van der Waals surface area (Å²) in [5.74, 6) is 1.50. The van der Waals surface area contributed by atoms with Crippen molar-refractivity contribution in [1.82, 2.24) is 0 Å². The first kappa shape index (κ1) is 17.9. The molecule has 3 rings (SSSR count). The number of rotatable bonds is 6.